The molecule has 2 aliphatic heterocycles. The second-order valence-corrected chi connectivity index (χ2v) is 5.90. The molecule has 2 fully saturated rings. The van der Waals surface area contributed by atoms with Crippen molar-refractivity contribution in [3.8, 4) is 5.75 Å². The van der Waals surface area contributed by atoms with E-state index in [-0.39, 0.29) is 23.0 Å². The molecular formula is C16H20FNO2. The van der Waals surface area contributed by atoms with Crippen molar-refractivity contribution < 1.29 is 13.9 Å². The third-order valence-electron chi connectivity index (χ3n) is 4.92. The van der Waals surface area contributed by atoms with E-state index >= 15 is 0 Å². The number of carbonyl (C=O) groups excluding carboxylic acids is 1. The van der Waals surface area contributed by atoms with Gasteiger partial charge in [0.25, 0.3) is 0 Å². The normalized spacial score (nSPS) is 29.4. The van der Waals surface area contributed by atoms with Crippen LogP contribution in [0.1, 0.15) is 36.0 Å². The molecule has 108 valence electrons. The Morgan fingerprint density at radius 3 is 2.55 bits per heavy atom. The molecule has 3 rings (SSSR count). The number of methoxy groups -OCH3 is 1. The number of benzene rings is 1. The number of fused-ring (bicyclic) bond motifs is 2. The fourth-order valence-electron chi connectivity index (χ4n) is 3.70. The number of nitrogens with zero attached hydrogens (tertiary/aromatic N) is 1. The lowest BCUT2D eigenvalue weighted by atomic mass is 9.85. The third kappa shape index (κ3) is 2.12. The molecule has 2 unspecified atom stereocenters. The van der Waals surface area contributed by atoms with Gasteiger partial charge in [-0.15, -0.1) is 0 Å². The van der Waals surface area contributed by atoms with Crippen molar-refractivity contribution in [1.29, 1.82) is 0 Å². The molecule has 1 aromatic carbocycles. The second kappa shape index (κ2) is 5.17. The molecule has 0 spiro atoms. The van der Waals surface area contributed by atoms with Crippen molar-refractivity contribution >= 4 is 5.78 Å². The number of ketones is 1. The van der Waals surface area contributed by atoms with Gasteiger partial charge in [-0.05, 0) is 44.9 Å². The number of hydrogen-bond donors (Lipinski definition) is 0. The number of ether oxygens (including phenoxy) is 1. The largest absolute Gasteiger partial charge is 0.494 e. The molecule has 3 nitrogen and oxygen atoms in total. The maximum absolute atomic E-state index is 14.2. The molecule has 2 saturated heterocycles. The molecule has 0 aliphatic carbocycles. The van der Waals surface area contributed by atoms with E-state index in [1.165, 1.54) is 7.11 Å². The minimum absolute atomic E-state index is 0.0506. The van der Waals surface area contributed by atoms with E-state index in [0.717, 1.165) is 25.7 Å². The van der Waals surface area contributed by atoms with Gasteiger partial charge in [-0.2, -0.15) is 0 Å². The van der Waals surface area contributed by atoms with Crippen LogP contribution in [0.3, 0.4) is 0 Å². The summed E-state index contributed by atoms with van der Waals surface area (Å²) in [4.78, 5) is 15.0. The van der Waals surface area contributed by atoms with Gasteiger partial charge in [-0.3, -0.25) is 4.79 Å². The highest BCUT2D eigenvalue weighted by molar-refractivity contribution is 5.98. The van der Waals surface area contributed by atoms with Gasteiger partial charge >= 0.3 is 0 Å². The zero-order valence-electron chi connectivity index (χ0n) is 11.9. The Balaban J connectivity index is 1.83. The SMILES string of the molecule is COc1cccc(C(=O)C2CC3CCC(C2)N3C)c1F. The summed E-state index contributed by atoms with van der Waals surface area (Å²) in [5.74, 6) is -0.491. The first-order chi connectivity index (χ1) is 9.61. The van der Waals surface area contributed by atoms with Gasteiger partial charge in [0.2, 0.25) is 0 Å². The predicted molar refractivity (Wildman–Crippen MR) is 74.6 cm³/mol. The highest BCUT2D eigenvalue weighted by Crippen LogP contribution is 2.39. The van der Waals surface area contributed by atoms with Crippen LogP contribution in [0, 0.1) is 11.7 Å². The van der Waals surface area contributed by atoms with Crippen LogP contribution < -0.4 is 4.74 Å². The summed E-state index contributed by atoms with van der Waals surface area (Å²) in [7, 11) is 3.55. The van der Waals surface area contributed by atoms with E-state index in [4.69, 9.17) is 4.74 Å². The number of halogens is 1. The summed E-state index contributed by atoms with van der Waals surface area (Å²) < 4.78 is 19.2. The average molecular weight is 277 g/mol. The minimum atomic E-state index is -0.522. The summed E-state index contributed by atoms with van der Waals surface area (Å²) >= 11 is 0. The second-order valence-electron chi connectivity index (χ2n) is 5.90. The monoisotopic (exact) mass is 277 g/mol. The third-order valence-corrected chi connectivity index (χ3v) is 4.92. The van der Waals surface area contributed by atoms with E-state index in [1.807, 2.05) is 0 Å². The van der Waals surface area contributed by atoms with Crippen molar-refractivity contribution in [1.82, 2.24) is 4.90 Å². The van der Waals surface area contributed by atoms with Crippen LogP contribution in [-0.2, 0) is 0 Å². The highest BCUT2D eigenvalue weighted by Gasteiger charge is 2.41. The van der Waals surface area contributed by atoms with Crippen LogP contribution in [0.15, 0.2) is 18.2 Å². The van der Waals surface area contributed by atoms with Crippen LogP contribution in [0.2, 0.25) is 0 Å². The lowest BCUT2D eigenvalue weighted by Gasteiger charge is -2.35. The lowest BCUT2D eigenvalue weighted by Crippen LogP contribution is -2.42. The molecule has 2 aliphatic rings. The Morgan fingerprint density at radius 2 is 1.95 bits per heavy atom. The van der Waals surface area contributed by atoms with E-state index in [2.05, 4.69) is 11.9 Å². The molecule has 2 bridgehead atoms. The quantitative estimate of drug-likeness (QED) is 0.796. The summed E-state index contributed by atoms with van der Waals surface area (Å²) in [6.45, 7) is 0. The van der Waals surface area contributed by atoms with Crippen LogP contribution in [-0.4, -0.2) is 36.9 Å². The zero-order chi connectivity index (χ0) is 14.3. The highest BCUT2D eigenvalue weighted by atomic mass is 19.1. The Kier molecular flexibility index (Phi) is 3.50. The fraction of sp³-hybridized carbons (Fsp3) is 0.562. The maximum Gasteiger partial charge on any atom is 0.175 e. The van der Waals surface area contributed by atoms with E-state index in [1.54, 1.807) is 18.2 Å². The summed E-state index contributed by atoms with van der Waals surface area (Å²) in [6, 6.07) is 5.76. The number of Topliss-reactive ketones (excluding diaryl/α,β-unsaturated/α-hetero) is 1. The number of hydrogen-bond acceptors (Lipinski definition) is 3. The Bertz CT molecular complexity index is 517. The molecule has 2 atom stereocenters. The van der Waals surface area contributed by atoms with Crippen LogP contribution in [0.25, 0.3) is 0 Å². The van der Waals surface area contributed by atoms with E-state index in [0.29, 0.717) is 12.1 Å². The van der Waals surface area contributed by atoms with Gasteiger partial charge < -0.3 is 9.64 Å². The topological polar surface area (TPSA) is 29.5 Å². The molecule has 0 N–H and O–H groups in total. The van der Waals surface area contributed by atoms with Crippen molar-refractivity contribution in [3.05, 3.63) is 29.6 Å². The smallest absolute Gasteiger partial charge is 0.175 e. The summed E-state index contributed by atoms with van der Waals surface area (Å²) in [5.41, 5.74) is 0.179. The van der Waals surface area contributed by atoms with Gasteiger partial charge in [0.1, 0.15) is 0 Å². The van der Waals surface area contributed by atoms with Gasteiger partial charge in [0.05, 0.1) is 12.7 Å². The van der Waals surface area contributed by atoms with Crippen LogP contribution in [0.5, 0.6) is 5.75 Å². The first kappa shape index (κ1) is 13.6. The van der Waals surface area contributed by atoms with Gasteiger partial charge in [0.15, 0.2) is 17.3 Å². The van der Waals surface area contributed by atoms with Crippen molar-refractivity contribution in [2.75, 3.05) is 14.2 Å². The van der Waals surface area contributed by atoms with E-state index < -0.39 is 5.82 Å². The molecule has 0 aromatic heterocycles. The van der Waals surface area contributed by atoms with E-state index in [9.17, 15) is 9.18 Å². The Hall–Kier alpha value is -1.42. The summed E-state index contributed by atoms with van der Waals surface area (Å²) in [5, 5.41) is 0. The first-order valence-electron chi connectivity index (χ1n) is 7.20. The van der Waals surface area contributed by atoms with Crippen LogP contribution in [0.4, 0.5) is 4.39 Å². The number of carbonyl (C=O) groups is 1. The molecule has 0 amide bonds. The molecule has 0 saturated carbocycles. The van der Waals surface area contributed by atoms with Gasteiger partial charge in [0, 0.05) is 18.0 Å². The first-order valence-corrected chi connectivity index (χ1v) is 7.20. The molecule has 1 aromatic rings. The Morgan fingerprint density at radius 1 is 1.30 bits per heavy atom. The molecule has 0 radical (unpaired) electrons. The number of rotatable bonds is 3. The Labute approximate surface area is 118 Å². The molecule has 4 heteroatoms. The van der Waals surface area contributed by atoms with Gasteiger partial charge in [-0.25, -0.2) is 4.39 Å². The maximum atomic E-state index is 14.2. The molecule has 20 heavy (non-hydrogen) atoms. The lowest BCUT2D eigenvalue weighted by molar-refractivity contribution is 0.0762. The molecular weight excluding hydrogens is 257 g/mol. The van der Waals surface area contributed by atoms with Crippen molar-refractivity contribution in [2.45, 2.75) is 37.8 Å². The van der Waals surface area contributed by atoms with Crippen molar-refractivity contribution in [3.63, 3.8) is 0 Å². The fourth-order valence-corrected chi connectivity index (χ4v) is 3.70. The molecule has 2 heterocycles. The van der Waals surface area contributed by atoms with Crippen molar-refractivity contribution in [2.24, 2.45) is 5.92 Å². The minimum Gasteiger partial charge on any atom is -0.494 e. The summed E-state index contributed by atoms with van der Waals surface area (Å²) in [6.07, 6.45) is 4.02. The van der Waals surface area contributed by atoms with Crippen LogP contribution >= 0.6 is 0 Å². The zero-order valence-corrected chi connectivity index (χ0v) is 11.9. The number of piperidine rings is 1. The average Bonchev–Trinajstić information content (AvgIpc) is 2.68. The van der Waals surface area contributed by atoms with Gasteiger partial charge in [-0.1, -0.05) is 6.07 Å². The standard InChI is InChI=1S/C16H20FNO2/c1-18-11-6-7-12(18)9-10(8-11)16(19)13-4-3-5-14(20-2)15(13)17/h3-5,10-12H,6-9H2,1-2H3. The predicted octanol–water partition coefficient (Wildman–Crippen LogP) is 2.89.